The van der Waals surface area contributed by atoms with E-state index in [1.807, 2.05) is 36.4 Å². The van der Waals surface area contributed by atoms with E-state index in [-0.39, 0.29) is 11.3 Å². The van der Waals surface area contributed by atoms with Gasteiger partial charge in [0.1, 0.15) is 0 Å². The van der Waals surface area contributed by atoms with Crippen molar-refractivity contribution in [3.05, 3.63) is 82.3 Å². The Morgan fingerprint density at radius 2 is 1.52 bits per heavy atom. The van der Waals surface area contributed by atoms with Gasteiger partial charge >= 0.3 is 11.5 Å². The van der Waals surface area contributed by atoms with Crippen molar-refractivity contribution in [2.75, 3.05) is 0 Å². The minimum atomic E-state index is -0.545. The molecule has 23 heavy (non-hydrogen) atoms. The van der Waals surface area contributed by atoms with Crippen LogP contribution in [0.4, 0.5) is 0 Å². The third kappa shape index (κ3) is 2.68. The van der Waals surface area contributed by atoms with Gasteiger partial charge in [-0.3, -0.25) is 9.48 Å². The fourth-order valence-corrected chi connectivity index (χ4v) is 2.39. The van der Waals surface area contributed by atoms with Crippen LogP contribution in [-0.4, -0.2) is 15.3 Å². The summed E-state index contributed by atoms with van der Waals surface area (Å²) in [5.41, 5.74) is 1.34. The molecular formula is C18H16N2O3. The van der Waals surface area contributed by atoms with Gasteiger partial charge in [0.2, 0.25) is 5.75 Å². The fraction of sp³-hybridized carbons (Fsp3) is 0.111. The number of ether oxygens (including phenoxy) is 1. The minimum absolute atomic E-state index is 0.0465. The zero-order chi connectivity index (χ0) is 16.4. The van der Waals surface area contributed by atoms with Crippen LogP contribution in [0.3, 0.4) is 0 Å². The second-order valence-electron chi connectivity index (χ2n) is 5.15. The Morgan fingerprint density at radius 3 is 2.13 bits per heavy atom. The Hall–Kier alpha value is -3.08. The van der Waals surface area contributed by atoms with Crippen LogP contribution in [0, 0.1) is 6.92 Å². The van der Waals surface area contributed by atoms with Gasteiger partial charge in [-0.1, -0.05) is 36.4 Å². The van der Waals surface area contributed by atoms with E-state index in [0.717, 1.165) is 0 Å². The molecule has 5 heteroatoms. The topological polar surface area (TPSA) is 53.2 Å². The van der Waals surface area contributed by atoms with E-state index in [9.17, 15) is 9.59 Å². The standard InChI is InChI=1S/C18H16N2O3/c1-13-16(23-18(22)14-9-5-3-6-10-14)17(21)20(19(13)2)15-11-7-4-8-12-15/h3-12H,1-2H3. The number of hydrogen-bond acceptors (Lipinski definition) is 3. The van der Waals surface area contributed by atoms with Gasteiger partial charge in [-0.15, -0.1) is 0 Å². The maximum atomic E-state index is 12.6. The average Bonchev–Trinajstić information content (AvgIpc) is 2.80. The summed E-state index contributed by atoms with van der Waals surface area (Å²) in [5, 5.41) is 0. The number of esters is 1. The number of nitrogens with zero attached hydrogens (tertiary/aromatic N) is 2. The number of aromatic nitrogens is 2. The molecule has 1 aromatic heterocycles. The first kappa shape index (κ1) is 14.8. The Bertz CT molecular complexity index is 893. The molecule has 3 aromatic rings. The summed E-state index contributed by atoms with van der Waals surface area (Å²) in [6.45, 7) is 1.74. The molecule has 0 spiro atoms. The first-order valence-corrected chi connectivity index (χ1v) is 7.21. The molecule has 0 unspecified atom stereocenters. The van der Waals surface area contributed by atoms with E-state index in [1.165, 1.54) is 4.68 Å². The van der Waals surface area contributed by atoms with Gasteiger partial charge in [0.25, 0.3) is 0 Å². The Kier molecular flexibility index (Phi) is 3.85. The number of carbonyl (C=O) groups is 1. The molecule has 0 amide bonds. The number of rotatable bonds is 3. The van der Waals surface area contributed by atoms with Gasteiger partial charge in [-0.2, -0.15) is 0 Å². The van der Waals surface area contributed by atoms with Crippen molar-refractivity contribution < 1.29 is 9.53 Å². The van der Waals surface area contributed by atoms with E-state index in [2.05, 4.69) is 0 Å². The normalized spacial score (nSPS) is 10.5. The number of carbonyl (C=O) groups excluding carboxylic acids is 1. The number of para-hydroxylation sites is 1. The van der Waals surface area contributed by atoms with Crippen molar-refractivity contribution in [3.8, 4) is 11.4 Å². The van der Waals surface area contributed by atoms with Gasteiger partial charge in [0.15, 0.2) is 0 Å². The predicted molar refractivity (Wildman–Crippen MR) is 87.1 cm³/mol. The third-order valence-electron chi connectivity index (χ3n) is 3.71. The molecule has 1 heterocycles. The molecule has 0 saturated heterocycles. The van der Waals surface area contributed by atoms with Gasteiger partial charge in [-0.05, 0) is 31.2 Å². The summed E-state index contributed by atoms with van der Waals surface area (Å²) in [5.74, 6) is -0.498. The average molecular weight is 308 g/mol. The molecule has 0 atom stereocenters. The molecule has 116 valence electrons. The van der Waals surface area contributed by atoms with Crippen LogP contribution in [-0.2, 0) is 7.05 Å². The number of benzene rings is 2. The molecule has 0 aliphatic carbocycles. The summed E-state index contributed by atoms with van der Waals surface area (Å²) in [6.07, 6.45) is 0. The van der Waals surface area contributed by atoms with Crippen LogP contribution >= 0.6 is 0 Å². The van der Waals surface area contributed by atoms with Crippen molar-refractivity contribution in [1.29, 1.82) is 0 Å². The van der Waals surface area contributed by atoms with Crippen LogP contribution < -0.4 is 10.3 Å². The van der Waals surface area contributed by atoms with Crippen LogP contribution in [0.1, 0.15) is 16.1 Å². The first-order valence-electron chi connectivity index (χ1n) is 7.21. The van der Waals surface area contributed by atoms with E-state index in [1.54, 1.807) is 42.9 Å². The summed E-state index contributed by atoms with van der Waals surface area (Å²) in [4.78, 5) is 24.8. The third-order valence-corrected chi connectivity index (χ3v) is 3.71. The SMILES string of the molecule is Cc1c(OC(=O)c2ccccc2)c(=O)n(-c2ccccc2)n1C. The molecule has 2 aromatic carbocycles. The van der Waals surface area contributed by atoms with Crippen molar-refractivity contribution >= 4 is 5.97 Å². The van der Waals surface area contributed by atoms with E-state index < -0.39 is 5.97 Å². The molecule has 5 nitrogen and oxygen atoms in total. The molecule has 3 rings (SSSR count). The van der Waals surface area contributed by atoms with E-state index in [4.69, 9.17) is 4.74 Å². The van der Waals surface area contributed by atoms with Crippen molar-refractivity contribution in [2.24, 2.45) is 7.05 Å². The molecule has 0 bridgehead atoms. The lowest BCUT2D eigenvalue weighted by molar-refractivity contribution is 0.0731. The minimum Gasteiger partial charge on any atom is -0.415 e. The van der Waals surface area contributed by atoms with Crippen LogP contribution in [0.15, 0.2) is 65.5 Å². The molecule has 0 saturated carbocycles. The second kappa shape index (κ2) is 5.96. The smallest absolute Gasteiger partial charge is 0.343 e. The predicted octanol–water partition coefficient (Wildman–Crippen LogP) is 2.70. The zero-order valence-corrected chi connectivity index (χ0v) is 12.9. The molecule has 0 aliphatic rings. The van der Waals surface area contributed by atoms with Crippen molar-refractivity contribution in [1.82, 2.24) is 9.36 Å². The summed E-state index contributed by atoms with van der Waals surface area (Å²) in [7, 11) is 1.75. The first-order chi connectivity index (χ1) is 11.1. The van der Waals surface area contributed by atoms with Gasteiger partial charge in [-0.25, -0.2) is 9.48 Å². The lowest BCUT2D eigenvalue weighted by atomic mass is 10.2. The highest BCUT2D eigenvalue weighted by Crippen LogP contribution is 2.17. The maximum absolute atomic E-state index is 12.6. The van der Waals surface area contributed by atoms with Crippen molar-refractivity contribution in [3.63, 3.8) is 0 Å². The fourth-order valence-electron chi connectivity index (χ4n) is 2.39. The lowest BCUT2D eigenvalue weighted by Gasteiger charge is -2.07. The van der Waals surface area contributed by atoms with Gasteiger partial charge < -0.3 is 4.74 Å². The summed E-state index contributed by atoms with van der Waals surface area (Å²) in [6, 6.07) is 17.8. The van der Waals surface area contributed by atoms with E-state index >= 15 is 0 Å². The highest BCUT2D eigenvalue weighted by atomic mass is 16.5. The second-order valence-corrected chi connectivity index (χ2v) is 5.15. The molecule has 0 aliphatic heterocycles. The monoisotopic (exact) mass is 308 g/mol. The Morgan fingerprint density at radius 1 is 0.957 bits per heavy atom. The highest BCUT2D eigenvalue weighted by Gasteiger charge is 2.20. The molecule has 0 N–H and O–H groups in total. The summed E-state index contributed by atoms with van der Waals surface area (Å²) >= 11 is 0. The van der Waals surface area contributed by atoms with E-state index in [0.29, 0.717) is 16.9 Å². The van der Waals surface area contributed by atoms with Crippen LogP contribution in [0.2, 0.25) is 0 Å². The Labute approximate surface area is 133 Å². The number of hydrogen-bond donors (Lipinski definition) is 0. The zero-order valence-electron chi connectivity index (χ0n) is 12.9. The summed E-state index contributed by atoms with van der Waals surface area (Å²) < 4.78 is 8.50. The highest BCUT2D eigenvalue weighted by molar-refractivity contribution is 5.91. The molecule has 0 radical (unpaired) electrons. The largest absolute Gasteiger partial charge is 0.415 e. The lowest BCUT2D eigenvalue weighted by Crippen LogP contribution is -2.21. The van der Waals surface area contributed by atoms with Crippen molar-refractivity contribution in [2.45, 2.75) is 6.92 Å². The maximum Gasteiger partial charge on any atom is 0.343 e. The van der Waals surface area contributed by atoms with Gasteiger partial charge in [0, 0.05) is 7.05 Å². The quantitative estimate of drug-likeness (QED) is 0.699. The van der Waals surface area contributed by atoms with Gasteiger partial charge in [0.05, 0.1) is 16.9 Å². The van der Waals surface area contributed by atoms with Crippen LogP contribution in [0.25, 0.3) is 5.69 Å². The van der Waals surface area contributed by atoms with Crippen LogP contribution in [0.5, 0.6) is 5.75 Å². The molecular weight excluding hydrogens is 292 g/mol. The Balaban J connectivity index is 2.02. The molecule has 0 fully saturated rings.